The van der Waals surface area contributed by atoms with E-state index in [2.05, 4.69) is 18.7 Å². The van der Waals surface area contributed by atoms with Crippen molar-refractivity contribution in [1.82, 2.24) is 4.90 Å². The van der Waals surface area contributed by atoms with Crippen molar-refractivity contribution >= 4 is 0 Å². The predicted octanol–water partition coefficient (Wildman–Crippen LogP) is 1.45. The molecule has 0 spiro atoms. The van der Waals surface area contributed by atoms with E-state index in [-0.39, 0.29) is 0 Å². The van der Waals surface area contributed by atoms with Crippen LogP contribution in [0.25, 0.3) is 0 Å². The highest BCUT2D eigenvalue weighted by molar-refractivity contribution is 5.00. The number of piperidine rings is 2. The van der Waals surface area contributed by atoms with E-state index in [0.29, 0.717) is 6.04 Å². The maximum Gasteiger partial charge on any atom is 0.0120 e. The summed E-state index contributed by atoms with van der Waals surface area (Å²) < 4.78 is 0. The fourth-order valence-electron chi connectivity index (χ4n) is 3.06. The number of hydrogen-bond acceptors (Lipinski definition) is 2. The van der Waals surface area contributed by atoms with Crippen LogP contribution in [0.1, 0.15) is 33.1 Å². The Balaban J connectivity index is 1.90. The Morgan fingerprint density at radius 3 is 2.15 bits per heavy atom. The number of hydrogen-bond donors (Lipinski definition) is 1. The average molecular weight is 182 g/mol. The number of rotatable bonds is 3. The molecule has 3 rings (SSSR count). The van der Waals surface area contributed by atoms with Crippen LogP contribution < -0.4 is 5.73 Å². The summed E-state index contributed by atoms with van der Waals surface area (Å²) in [6.07, 6.45) is 3.99. The van der Waals surface area contributed by atoms with Crippen LogP contribution >= 0.6 is 0 Å². The lowest BCUT2D eigenvalue weighted by Gasteiger charge is -2.54. The van der Waals surface area contributed by atoms with Crippen molar-refractivity contribution in [2.75, 3.05) is 13.1 Å². The Kier molecular flexibility index (Phi) is 2.61. The molecule has 3 aliphatic rings. The third-order valence-electron chi connectivity index (χ3n) is 4.09. The van der Waals surface area contributed by atoms with Crippen molar-refractivity contribution in [3.63, 3.8) is 0 Å². The van der Waals surface area contributed by atoms with Crippen molar-refractivity contribution in [2.45, 2.75) is 45.2 Å². The van der Waals surface area contributed by atoms with Gasteiger partial charge in [0.15, 0.2) is 0 Å². The zero-order valence-electron chi connectivity index (χ0n) is 8.87. The highest BCUT2D eigenvalue weighted by Gasteiger charge is 2.45. The van der Waals surface area contributed by atoms with Crippen molar-refractivity contribution in [3.8, 4) is 0 Å². The topological polar surface area (TPSA) is 29.3 Å². The number of nitrogens with zero attached hydrogens (tertiary/aromatic N) is 1. The van der Waals surface area contributed by atoms with E-state index in [4.69, 9.17) is 5.73 Å². The first-order chi connectivity index (χ1) is 6.26. The fraction of sp³-hybridized carbons (Fsp3) is 1.00. The largest absolute Gasteiger partial charge is 0.327 e. The van der Waals surface area contributed by atoms with Gasteiger partial charge in [0.2, 0.25) is 0 Å². The van der Waals surface area contributed by atoms with Crippen LogP contribution in [0.15, 0.2) is 0 Å². The van der Waals surface area contributed by atoms with Crippen molar-refractivity contribution in [1.29, 1.82) is 0 Å². The van der Waals surface area contributed by atoms with Gasteiger partial charge in [0, 0.05) is 25.2 Å². The minimum absolute atomic E-state index is 0.533. The predicted molar refractivity (Wildman–Crippen MR) is 55.5 cm³/mol. The van der Waals surface area contributed by atoms with Crippen molar-refractivity contribution in [3.05, 3.63) is 0 Å². The molecular weight excluding hydrogens is 160 g/mol. The minimum Gasteiger partial charge on any atom is -0.327 e. The molecule has 76 valence electrons. The molecule has 0 aromatic rings. The van der Waals surface area contributed by atoms with Crippen LogP contribution in [0.5, 0.6) is 0 Å². The van der Waals surface area contributed by atoms with E-state index in [1.165, 1.54) is 32.4 Å². The summed E-state index contributed by atoms with van der Waals surface area (Å²) in [5, 5.41) is 0. The number of fused-ring (bicyclic) bond motifs is 2. The lowest BCUT2D eigenvalue weighted by molar-refractivity contribution is -0.0212. The van der Waals surface area contributed by atoms with Gasteiger partial charge >= 0.3 is 0 Å². The van der Waals surface area contributed by atoms with Gasteiger partial charge in [-0.2, -0.15) is 0 Å². The quantitative estimate of drug-likeness (QED) is 0.716. The fourth-order valence-corrected chi connectivity index (χ4v) is 3.06. The van der Waals surface area contributed by atoms with Crippen LogP contribution in [0.3, 0.4) is 0 Å². The molecule has 0 aromatic carbocycles. The Bertz CT molecular complexity index is 165. The molecule has 2 nitrogen and oxygen atoms in total. The zero-order chi connectivity index (χ0) is 9.42. The van der Waals surface area contributed by atoms with Gasteiger partial charge in [-0.3, -0.25) is 4.90 Å². The zero-order valence-corrected chi connectivity index (χ0v) is 8.87. The molecule has 0 amide bonds. The summed E-state index contributed by atoms with van der Waals surface area (Å²) in [4.78, 5) is 2.67. The molecule has 1 aliphatic carbocycles. The first-order valence-corrected chi connectivity index (χ1v) is 5.75. The molecular formula is C11H22N2. The molecule has 13 heavy (non-hydrogen) atoms. The third kappa shape index (κ3) is 1.50. The molecule has 2 aliphatic heterocycles. The molecule has 2 atom stereocenters. The van der Waals surface area contributed by atoms with Gasteiger partial charge in [-0.25, -0.2) is 0 Å². The van der Waals surface area contributed by atoms with Gasteiger partial charge in [0.1, 0.15) is 0 Å². The van der Waals surface area contributed by atoms with Gasteiger partial charge in [-0.05, 0) is 31.1 Å². The minimum atomic E-state index is 0.533. The summed E-state index contributed by atoms with van der Waals surface area (Å²) in [5.41, 5.74) is 6.05. The van der Waals surface area contributed by atoms with Crippen LogP contribution in [0.2, 0.25) is 0 Å². The Hall–Kier alpha value is -0.0800. The van der Waals surface area contributed by atoms with Gasteiger partial charge < -0.3 is 5.73 Å². The van der Waals surface area contributed by atoms with Gasteiger partial charge in [0.05, 0.1) is 0 Å². The third-order valence-corrected chi connectivity index (χ3v) is 4.09. The van der Waals surface area contributed by atoms with Crippen LogP contribution in [0, 0.1) is 11.8 Å². The normalized spacial score (nSPS) is 39.2. The molecule has 0 aromatic heterocycles. The monoisotopic (exact) mass is 182 g/mol. The Morgan fingerprint density at radius 1 is 1.23 bits per heavy atom. The SMILES string of the molecule is CCC(CC)N1CC2CC(C1)C2N. The second-order valence-electron chi connectivity index (χ2n) is 4.76. The highest BCUT2D eigenvalue weighted by atomic mass is 15.2. The van der Waals surface area contributed by atoms with Gasteiger partial charge in [0.25, 0.3) is 0 Å². The first kappa shape index (κ1) is 9.47. The van der Waals surface area contributed by atoms with E-state index in [9.17, 15) is 0 Å². The lowest BCUT2D eigenvalue weighted by atomic mass is 9.66. The van der Waals surface area contributed by atoms with Crippen LogP contribution in [-0.2, 0) is 0 Å². The molecule has 2 heteroatoms. The Morgan fingerprint density at radius 2 is 1.77 bits per heavy atom. The highest BCUT2D eigenvalue weighted by Crippen LogP contribution is 2.39. The van der Waals surface area contributed by atoms with E-state index in [1.807, 2.05) is 0 Å². The van der Waals surface area contributed by atoms with Crippen molar-refractivity contribution in [2.24, 2.45) is 17.6 Å². The van der Waals surface area contributed by atoms with Crippen molar-refractivity contribution < 1.29 is 0 Å². The summed E-state index contributed by atoms with van der Waals surface area (Å²) in [5.74, 6) is 1.64. The first-order valence-electron chi connectivity index (χ1n) is 5.75. The molecule has 1 saturated carbocycles. The van der Waals surface area contributed by atoms with E-state index >= 15 is 0 Å². The molecule has 2 heterocycles. The summed E-state index contributed by atoms with van der Waals surface area (Å²) in [7, 11) is 0. The molecule has 2 bridgehead atoms. The van der Waals surface area contributed by atoms with E-state index in [0.717, 1.165) is 17.9 Å². The summed E-state index contributed by atoms with van der Waals surface area (Å²) >= 11 is 0. The second kappa shape index (κ2) is 3.58. The Labute approximate surface area is 81.5 Å². The average Bonchev–Trinajstić information content (AvgIpc) is 2.19. The van der Waals surface area contributed by atoms with Crippen LogP contribution in [0.4, 0.5) is 0 Å². The molecule has 2 saturated heterocycles. The van der Waals surface area contributed by atoms with Gasteiger partial charge in [-0.1, -0.05) is 13.8 Å². The lowest BCUT2D eigenvalue weighted by Crippen LogP contribution is -2.63. The molecule has 0 radical (unpaired) electrons. The standard InChI is InChI=1S/C11H22N2/c1-3-10(4-2)13-6-8-5-9(7-13)11(8)12/h8-11H,3-7,12H2,1-2H3. The van der Waals surface area contributed by atoms with Crippen LogP contribution in [-0.4, -0.2) is 30.1 Å². The smallest absolute Gasteiger partial charge is 0.0120 e. The maximum atomic E-state index is 6.05. The summed E-state index contributed by atoms with van der Waals surface area (Å²) in [6.45, 7) is 7.14. The number of nitrogens with two attached hydrogens (primary N) is 1. The molecule has 3 fully saturated rings. The van der Waals surface area contributed by atoms with E-state index in [1.54, 1.807) is 0 Å². The maximum absolute atomic E-state index is 6.05. The summed E-state index contributed by atoms with van der Waals surface area (Å²) in [6, 6.07) is 1.35. The van der Waals surface area contributed by atoms with E-state index < -0.39 is 0 Å². The molecule has 2 unspecified atom stereocenters. The van der Waals surface area contributed by atoms with Gasteiger partial charge in [-0.15, -0.1) is 0 Å². The second-order valence-corrected chi connectivity index (χ2v) is 4.76. The molecule has 2 N–H and O–H groups in total.